The molecule has 1 aromatic heterocycles. The quantitative estimate of drug-likeness (QED) is 0.777. The van der Waals surface area contributed by atoms with Crippen LogP contribution in [0.15, 0.2) is 11.4 Å². The van der Waals surface area contributed by atoms with Crippen molar-refractivity contribution in [2.45, 2.75) is 13.8 Å². The lowest BCUT2D eigenvalue weighted by Crippen LogP contribution is -2.31. The van der Waals surface area contributed by atoms with Gasteiger partial charge in [0.15, 0.2) is 6.61 Å². The highest BCUT2D eigenvalue weighted by molar-refractivity contribution is 7.12. The number of carbonyl (C=O) groups is 2. The Morgan fingerprint density at radius 2 is 2.24 bits per heavy atom. The van der Waals surface area contributed by atoms with E-state index >= 15 is 0 Å². The zero-order valence-corrected chi connectivity index (χ0v) is 10.7. The number of rotatable bonds is 5. The first-order valence-electron chi connectivity index (χ1n) is 5.27. The molecule has 0 aliphatic carbocycles. The fourth-order valence-corrected chi connectivity index (χ4v) is 1.76. The summed E-state index contributed by atoms with van der Waals surface area (Å²) in [5.41, 5.74) is 5.93. The van der Waals surface area contributed by atoms with Gasteiger partial charge in [-0.15, -0.1) is 11.3 Å². The number of thiophene rings is 1. The number of nitrogens with one attached hydrogen (secondary N) is 1. The fraction of sp³-hybridized carbons (Fsp3) is 0.455. The predicted octanol–water partition coefficient (Wildman–Crippen LogP) is 1.26. The van der Waals surface area contributed by atoms with Crippen molar-refractivity contribution in [3.05, 3.63) is 16.3 Å². The zero-order valence-electron chi connectivity index (χ0n) is 9.86. The van der Waals surface area contributed by atoms with Gasteiger partial charge in [0.2, 0.25) is 0 Å². The van der Waals surface area contributed by atoms with E-state index in [-0.39, 0.29) is 12.5 Å². The van der Waals surface area contributed by atoms with Crippen molar-refractivity contribution in [1.82, 2.24) is 5.32 Å². The normalized spacial score (nSPS) is 10.3. The van der Waals surface area contributed by atoms with E-state index < -0.39 is 5.97 Å². The Balaban J connectivity index is 2.34. The first kappa shape index (κ1) is 13.5. The first-order valence-corrected chi connectivity index (χ1v) is 6.15. The van der Waals surface area contributed by atoms with Gasteiger partial charge in [0, 0.05) is 6.54 Å². The molecule has 0 saturated carbocycles. The van der Waals surface area contributed by atoms with Gasteiger partial charge in [-0.3, -0.25) is 4.79 Å². The highest BCUT2D eigenvalue weighted by Gasteiger charge is 2.14. The Labute approximate surface area is 104 Å². The molecular weight excluding hydrogens is 240 g/mol. The Morgan fingerprint density at radius 1 is 1.53 bits per heavy atom. The summed E-state index contributed by atoms with van der Waals surface area (Å²) >= 11 is 1.20. The van der Waals surface area contributed by atoms with E-state index in [2.05, 4.69) is 5.32 Å². The molecule has 1 heterocycles. The van der Waals surface area contributed by atoms with E-state index in [1.165, 1.54) is 11.3 Å². The van der Waals surface area contributed by atoms with E-state index in [1.807, 2.05) is 13.8 Å². The molecule has 0 saturated heterocycles. The van der Waals surface area contributed by atoms with Crippen molar-refractivity contribution >= 4 is 28.9 Å². The summed E-state index contributed by atoms with van der Waals surface area (Å²) < 4.78 is 4.84. The molecule has 0 fully saturated rings. The van der Waals surface area contributed by atoms with E-state index in [0.29, 0.717) is 23.0 Å². The molecule has 0 spiro atoms. The van der Waals surface area contributed by atoms with Crippen molar-refractivity contribution in [3.63, 3.8) is 0 Å². The molecule has 6 heteroatoms. The Hall–Kier alpha value is -1.56. The van der Waals surface area contributed by atoms with Crippen LogP contribution in [0, 0.1) is 5.92 Å². The maximum absolute atomic E-state index is 11.5. The molecule has 1 aromatic rings. The number of ether oxygens (including phenoxy) is 1. The second-order valence-electron chi connectivity index (χ2n) is 3.98. The number of nitrogens with two attached hydrogens (primary N) is 1. The number of hydrogen-bond donors (Lipinski definition) is 2. The second kappa shape index (κ2) is 6.24. The van der Waals surface area contributed by atoms with Crippen molar-refractivity contribution in [2.24, 2.45) is 5.92 Å². The molecule has 0 atom stereocenters. The van der Waals surface area contributed by atoms with Gasteiger partial charge >= 0.3 is 5.97 Å². The molecule has 0 aromatic carbocycles. The molecule has 94 valence electrons. The maximum Gasteiger partial charge on any atom is 0.350 e. The molecule has 17 heavy (non-hydrogen) atoms. The van der Waals surface area contributed by atoms with E-state index in [0.717, 1.165) is 0 Å². The Morgan fingerprint density at radius 3 is 2.76 bits per heavy atom. The van der Waals surface area contributed by atoms with E-state index in [4.69, 9.17) is 10.5 Å². The standard InChI is InChI=1S/C11H16N2O3S/c1-7(2)5-13-9(14)6-16-11(15)10-8(12)3-4-17-10/h3-4,7H,5-6,12H2,1-2H3,(H,13,14). The van der Waals surface area contributed by atoms with Gasteiger partial charge in [-0.1, -0.05) is 13.8 Å². The van der Waals surface area contributed by atoms with Gasteiger partial charge in [-0.25, -0.2) is 4.79 Å². The van der Waals surface area contributed by atoms with Gasteiger partial charge in [-0.05, 0) is 17.4 Å². The molecular formula is C11H16N2O3S. The Kier molecular flexibility index (Phi) is 4.96. The third-order valence-electron chi connectivity index (χ3n) is 1.92. The molecule has 0 aliphatic rings. The lowest BCUT2D eigenvalue weighted by atomic mass is 10.2. The molecule has 3 N–H and O–H groups in total. The summed E-state index contributed by atoms with van der Waals surface area (Å²) in [6.45, 7) is 4.26. The number of amides is 1. The largest absolute Gasteiger partial charge is 0.451 e. The molecule has 0 unspecified atom stereocenters. The number of hydrogen-bond acceptors (Lipinski definition) is 5. The van der Waals surface area contributed by atoms with Crippen molar-refractivity contribution < 1.29 is 14.3 Å². The van der Waals surface area contributed by atoms with Gasteiger partial charge in [-0.2, -0.15) is 0 Å². The smallest absolute Gasteiger partial charge is 0.350 e. The number of nitrogen functional groups attached to an aromatic ring is 1. The van der Waals surface area contributed by atoms with E-state index in [1.54, 1.807) is 11.4 Å². The molecule has 5 nitrogen and oxygen atoms in total. The SMILES string of the molecule is CC(C)CNC(=O)COC(=O)c1sccc1N. The summed E-state index contributed by atoms with van der Waals surface area (Å²) in [6, 6.07) is 1.63. The van der Waals surface area contributed by atoms with Gasteiger partial charge < -0.3 is 15.8 Å². The third-order valence-corrected chi connectivity index (χ3v) is 2.83. The average molecular weight is 256 g/mol. The highest BCUT2D eigenvalue weighted by atomic mass is 32.1. The second-order valence-corrected chi connectivity index (χ2v) is 4.90. The highest BCUT2D eigenvalue weighted by Crippen LogP contribution is 2.19. The minimum absolute atomic E-state index is 0.275. The minimum Gasteiger partial charge on any atom is -0.451 e. The van der Waals surface area contributed by atoms with Crippen LogP contribution in [0.1, 0.15) is 23.5 Å². The van der Waals surface area contributed by atoms with Crippen LogP contribution in [0.4, 0.5) is 5.69 Å². The van der Waals surface area contributed by atoms with Crippen LogP contribution < -0.4 is 11.1 Å². The molecule has 0 bridgehead atoms. The van der Waals surface area contributed by atoms with Gasteiger partial charge in [0.25, 0.3) is 5.91 Å². The van der Waals surface area contributed by atoms with Crippen LogP contribution >= 0.6 is 11.3 Å². The van der Waals surface area contributed by atoms with Crippen LogP contribution in [-0.2, 0) is 9.53 Å². The lowest BCUT2D eigenvalue weighted by molar-refractivity contribution is -0.124. The number of carbonyl (C=O) groups excluding carboxylic acids is 2. The fourth-order valence-electron chi connectivity index (χ4n) is 1.05. The maximum atomic E-state index is 11.5. The van der Waals surface area contributed by atoms with Gasteiger partial charge in [0.1, 0.15) is 4.88 Å². The van der Waals surface area contributed by atoms with Crippen LogP contribution in [-0.4, -0.2) is 25.0 Å². The molecule has 0 aliphatic heterocycles. The average Bonchev–Trinajstić information content (AvgIpc) is 2.69. The summed E-state index contributed by atoms with van der Waals surface area (Å²) in [7, 11) is 0. The van der Waals surface area contributed by atoms with Gasteiger partial charge in [0.05, 0.1) is 5.69 Å². The van der Waals surface area contributed by atoms with Crippen LogP contribution in [0.3, 0.4) is 0 Å². The van der Waals surface area contributed by atoms with Crippen LogP contribution in [0.25, 0.3) is 0 Å². The van der Waals surface area contributed by atoms with Crippen molar-refractivity contribution in [3.8, 4) is 0 Å². The first-order chi connectivity index (χ1) is 8.00. The topological polar surface area (TPSA) is 81.4 Å². The zero-order chi connectivity index (χ0) is 12.8. The van der Waals surface area contributed by atoms with Crippen molar-refractivity contribution in [2.75, 3.05) is 18.9 Å². The predicted molar refractivity (Wildman–Crippen MR) is 66.9 cm³/mol. The molecule has 1 rings (SSSR count). The third kappa shape index (κ3) is 4.44. The molecule has 0 radical (unpaired) electrons. The minimum atomic E-state index is -0.558. The summed E-state index contributed by atoms with van der Waals surface area (Å²) in [6.07, 6.45) is 0. The summed E-state index contributed by atoms with van der Waals surface area (Å²) in [4.78, 5) is 23.1. The lowest BCUT2D eigenvalue weighted by Gasteiger charge is -2.07. The monoisotopic (exact) mass is 256 g/mol. The summed E-state index contributed by atoms with van der Waals surface area (Å²) in [5.74, 6) is -0.498. The van der Waals surface area contributed by atoms with Crippen molar-refractivity contribution in [1.29, 1.82) is 0 Å². The Bertz CT molecular complexity index is 401. The number of esters is 1. The summed E-state index contributed by atoms with van der Waals surface area (Å²) in [5, 5.41) is 4.35. The van der Waals surface area contributed by atoms with Crippen LogP contribution in [0.5, 0.6) is 0 Å². The number of anilines is 1. The van der Waals surface area contributed by atoms with E-state index in [9.17, 15) is 9.59 Å². The molecule has 1 amide bonds. The van der Waals surface area contributed by atoms with Crippen LogP contribution in [0.2, 0.25) is 0 Å².